The highest BCUT2D eigenvalue weighted by Gasteiger charge is 2.43. The van der Waals surface area contributed by atoms with Crippen molar-refractivity contribution in [2.75, 3.05) is 19.6 Å². The van der Waals surface area contributed by atoms with Crippen molar-refractivity contribution in [3.63, 3.8) is 0 Å². The molecule has 2 fully saturated rings. The van der Waals surface area contributed by atoms with Gasteiger partial charge in [0.05, 0.1) is 0 Å². The predicted octanol–water partition coefficient (Wildman–Crippen LogP) is 2.25. The summed E-state index contributed by atoms with van der Waals surface area (Å²) in [5.74, 6) is 0. The SMILES string of the molecule is CCC1(CC)CN(C2CCNC(C)C2)C1. The molecule has 2 heteroatoms. The van der Waals surface area contributed by atoms with Crippen LogP contribution in [-0.2, 0) is 0 Å². The molecule has 0 aromatic heterocycles. The van der Waals surface area contributed by atoms with E-state index in [0.717, 1.165) is 12.1 Å². The highest BCUT2D eigenvalue weighted by molar-refractivity contribution is 4.97. The van der Waals surface area contributed by atoms with E-state index in [9.17, 15) is 0 Å². The highest BCUT2D eigenvalue weighted by atomic mass is 15.2. The molecule has 2 aliphatic heterocycles. The molecular weight excluding hydrogens is 184 g/mol. The third-order valence-corrected chi connectivity index (χ3v) is 4.69. The molecule has 0 aromatic rings. The Morgan fingerprint density at radius 2 is 1.93 bits per heavy atom. The number of nitrogens with one attached hydrogen (secondary N) is 1. The second kappa shape index (κ2) is 4.42. The summed E-state index contributed by atoms with van der Waals surface area (Å²) in [4.78, 5) is 2.73. The number of nitrogens with zero attached hydrogens (tertiary/aromatic N) is 1. The highest BCUT2D eigenvalue weighted by Crippen LogP contribution is 2.39. The van der Waals surface area contributed by atoms with Gasteiger partial charge >= 0.3 is 0 Å². The van der Waals surface area contributed by atoms with Crippen LogP contribution in [-0.4, -0.2) is 36.6 Å². The minimum absolute atomic E-state index is 0.675. The van der Waals surface area contributed by atoms with Crippen LogP contribution in [0, 0.1) is 5.41 Å². The van der Waals surface area contributed by atoms with Crippen molar-refractivity contribution in [1.29, 1.82) is 0 Å². The second-order valence-electron chi connectivity index (χ2n) is 5.65. The summed E-state index contributed by atoms with van der Waals surface area (Å²) in [6.07, 6.45) is 5.43. The lowest BCUT2D eigenvalue weighted by Crippen LogP contribution is -2.61. The normalized spacial score (nSPS) is 36.2. The first-order valence-electron chi connectivity index (χ1n) is 6.66. The van der Waals surface area contributed by atoms with Crippen molar-refractivity contribution in [2.45, 2.75) is 58.5 Å². The summed E-state index contributed by atoms with van der Waals surface area (Å²) in [5, 5.41) is 3.54. The van der Waals surface area contributed by atoms with Gasteiger partial charge in [-0.05, 0) is 44.6 Å². The molecule has 2 heterocycles. The molecule has 0 bridgehead atoms. The zero-order chi connectivity index (χ0) is 10.9. The van der Waals surface area contributed by atoms with E-state index in [1.807, 2.05) is 0 Å². The molecular formula is C13H26N2. The maximum Gasteiger partial charge on any atom is 0.0122 e. The number of hydrogen-bond acceptors (Lipinski definition) is 2. The number of piperidine rings is 1. The zero-order valence-electron chi connectivity index (χ0n) is 10.6. The first-order valence-corrected chi connectivity index (χ1v) is 6.66. The number of hydrogen-bond donors (Lipinski definition) is 1. The van der Waals surface area contributed by atoms with Crippen molar-refractivity contribution in [2.24, 2.45) is 5.41 Å². The van der Waals surface area contributed by atoms with Gasteiger partial charge in [0.2, 0.25) is 0 Å². The molecule has 0 aromatic carbocycles. The van der Waals surface area contributed by atoms with Crippen molar-refractivity contribution in [3.8, 4) is 0 Å². The standard InChI is InChI=1S/C13H26N2/c1-4-13(5-2)9-15(10-13)12-6-7-14-11(3)8-12/h11-12,14H,4-10H2,1-3H3. The molecule has 88 valence electrons. The molecule has 2 saturated heterocycles. The average Bonchev–Trinajstić information content (AvgIpc) is 2.18. The van der Waals surface area contributed by atoms with E-state index >= 15 is 0 Å². The average molecular weight is 210 g/mol. The van der Waals surface area contributed by atoms with Gasteiger partial charge in [-0.1, -0.05) is 13.8 Å². The molecule has 0 saturated carbocycles. The number of likely N-dealkylation sites (tertiary alicyclic amines) is 1. The monoisotopic (exact) mass is 210 g/mol. The van der Waals surface area contributed by atoms with Crippen LogP contribution < -0.4 is 5.32 Å². The lowest BCUT2D eigenvalue weighted by atomic mass is 9.73. The van der Waals surface area contributed by atoms with Crippen LogP contribution in [0.5, 0.6) is 0 Å². The Hall–Kier alpha value is -0.0800. The van der Waals surface area contributed by atoms with Crippen LogP contribution in [0.25, 0.3) is 0 Å². The van der Waals surface area contributed by atoms with Crippen molar-refractivity contribution < 1.29 is 0 Å². The summed E-state index contributed by atoms with van der Waals surface area (Å²) in [6, 6.07) is 1.59. The molecule has 2 rings (SSSR count). The molecule has 15 heavy (non-hydrogen) atoms. The minimum atomic E-state index is 0.675. The van der Waals surface area contributed by atoms with E-state index < -0.39 is 0 Å². The van der Waals surface area contributed by atoms with Crippen LogP contribution in [0.3, 0.4) is 0 Å². The van der Waals surface area contributed by atoms with Crippen LogP contribution in [0.15, 0.2) is 0 Å². The van der Waals surface area contributed by atoms with Crippen LogP contribution >= 0.6 is 0 Å². The van der Waals surface area contributed by atoms with Crippen LogP contribution in [0.4, 0.5) is 0 Å². The smallest absolute Gasteiger partial charge is 0.0122 e. The van der Waals surface area contributed by atoms with E-state index in [-0.39, 0.29) is 0 Å². The topological polar surface area (TPSA) is 15.3 Å². The first kappa shape index (κ1) is 11.4. The quantitative estimate of drug-likeness (QED) is 0.768. The van der Waals surface area contributed by atoms with Gasteiger partial charge in [0.25, 0.3) is 0 Å². The zero-order valence-corrected chi connectivity index (χ0v) is 10.6. The van der Waals surface area contributed by atoms with Gasteiger partial charge in [-0.2, -0.15) is 0 Å². The second-order valence-corrected chi connectivity index (χ2v) is 5.65. The van der Waals surface area contributed by atoms with Crippen LogP contribution in [0.2, 0.25) is 0 Å². The molecule has 2 atom stereocenters. The third kappa shape index (κ3) is 2.21. The Morgan fingerprint density at radius 3 is 2.47 bits per heavy atom. The molecule has 2 unspecified atom stereocenters. The maximum atomic E-state index is 3.54. The van der Waals surface area contributed by atoms with Gasteiger partial charge in [-0.15, -0.1) is 0 Å². The molecule has 0 amide bonds. The lowest BCUT2D eigenvalue weighted by molar-refractivity contribution is -0.0475. The lowest BCUT2D eigenvalue weighted by Gasteiger charge is -2.54. The Labute approximate surface area is 94.4 Å². The molecule has 0 radical (unpaired) electrons. The molecule has 1 N–H and O–H groups in total. The molecule has 2 nitrogen and oxygen atoms in total. The number of rotatable bonds is 3. The third-order valence-electron chi connectivity index (χ3n) is 4.69. The van der Waals surface area contributed by atoms with Gasteiger partial charge in [0, 0.05) is 25.2 Å². The fraction of sp³-hybridized carbons (Fsp3) is 1.00. The summed E-state index contributed by atoms with van der Waals surface area (Å²) in [7, 11) is 0. The summed E-state index contributed by atoms with van der Waals surface area (Å²) >= 11 is 0. The fourth-order valence-electron chi connectivity index (χ4n) is 3.21. The van der Waals surface area contributed by atoms with Gasteiger partial charge in [0.15, 0.2) is 0 Å². The molecule has 2 aliphatic rings. The first-order chi connectivity index (χ1) is 7.19. The van der Waals surface area contributed by atoms with Gasteiger partial charge in [0.1, 0.15) is 0 Å². The molecule has 0 spiro atoms. The molecule has 0 aliphatic carbocycles. The van der Waals surface area contributed by atoms with E-state index in [0.29, 0.717) is 5.41 Å². The fourth-order valence-corrected chi connectivity index (χ4v) is 3.21. The van der Waals surface area contributed by atoms with E-state index in [2.05, 4.69) is 31.0 Å². The Bertz CT molecular complexity index is 203. The van der Waals surface area contributed by atoms with Crippen molar-refractivity contribution >= 4 is 0 Å². The Morgan fingerprint density at radius 1 is 1.27 bits per heavy atom. The van der Waals surface area contributed by atoms with Gasteiger partial charge in [-0.25, -0.2) is 0 Å². The van der Waals surface area contributed by atoms with E-state index in [4.69, 9.17) is 0 Å². The van der Waals surface area contributed by atoms with Gasteiger partial charge in [-0.3, -0.25) is 4.90 Å². The summed E-state index contributed by atoms with van der Waals surface area (Å²) < 4.78 is 0. The van der Waals surface area contributed by atoms with E-state index in [1.165, 1.54) is 45.3 Å². The summed E-state index contributed by atoms with van der Waals surface area (Å²) in [6.45, 7) is 11.0. The van der Waals surface area contributed by atoms with E-state index in [1.54, 1.807) is 0 Å². The van der Waals surface area contributed by atoms with Crippen molar-refractivity contribution in [3.05, 3.63) is 0 Å². The Kier molecular flexibility index (Phi) is 3.36. The van der Waals surface area contributed by atoms with Crippen molar-refractivity contribution in [1.82, 2.24) is 10.2 Å². The minimum Gasteiger partial charge on any atom is -0.314 e. The predicted molar refractivity (Wildman–Crippen MR) is 65.1 cm³/mol. The summed E-state index contributed by atoms with van der Waals surface area (Å²) in [5.41, 5.74) is 0.675. The maximum absolute atomic E-state index is 3.54. The van der Waals surface area contributed by atoms with Gasteiger partial charge < -0.3 is 5.32 Å². The van der Waals surface area contributed by atoms with Crippen LogP contribution in [0.1, 0.15) is 46.5 Å². The largest absolute Gasteiger partial charge is 0.314 e. The Balaban J connectivity index is 1.83.